The Labute approximate surface area is 103 Å². The van der Waals surface area contributed by atoms with E-state index < -0.39 is 0 Å². The van der Waals surface area contributed by atoms with Crippen molar-refractivity contribution in [2.75, 3.05) is 13.1 Å². The van der Waals surface area contributed by atoms with Gasteiger partial charge >= 0.3 is 0 Å². The zero-order valence-corrected chi connectivity index (χ0v) is 11.0. The highest BCUT2D eigenvalue weighted by molar-refractivity contribution is 5.97. The van der Waals surface area contributed by atoms with E-state index in [9.17, 15) is 9.59 Å². The lowest BCUT2D eigenvalue weighted by Gasteiger charge is -2.42. The van der Waals surface area contributed by atoms with Gasteiger partial charge in [-0.25, -0.2) is 0 Å². The zero-order chi connectivity index (χ0) is 12.6. The highest BCUT2D eigenvalue weighted by atomic mass is 16.2. The quantitative estimate of drug-likeness (QED) is 0.690. The Morgan fingerprint density at radius 2 is 1.71 bits per heavy atom. The van der Waals surface area contributed by atoms with E-state index in [1.54, 1.807) is 0 Å². The molecule has 0 aromatic heterocycles. The van der Waals surface area contributed by atoms with Crippen molar-refractivity contribution in [3.8, 4) is 0 Å². The number of Topliss-reactive ketones (excluding diaryl/α,β-unsaturated/α-hetero) is 1. The number of carbonyl (C=O) groups is 2. The fourth-order valence-corrected chi connectivity index (χ4v) is 3.07. The summed E-state index contributed by atoms with van der Waals surface area (Å²) in [6.45, 7) is 7.83. The average Bonchev–Trinajstić information content (AvgIpc) is 2.48. The van der Waals surface area contributed by atoms with E-state index in [0.717, 1.165) is 25.9 Å². The third-order valence-electron chi connectivity index (χ3n) is 3.93. The molecule has 2 aliphatic heterocycles. The summed E-state index contributed by atoms with van der Waals surface area (Å²) < 4.78 is 0. The summed E-state index contributed by atoms with van der Waals surface area (Å²) >= 11 is 0. The summed E-state index contributed by atoms with van der Waals surface area (Å²) in [6, 6.07) is 1.22. The molecular weight excluding hydrogens is 216 g/mol. The second-order valence-electron chi connectivity index (χ2n) is 5.61. The highest BCUT2D eigenvalue weighted by Gasteiger charge is 2.42. The molecule has 2 unspecified atom stereocenters. The predicted molar refractivity (Wildman–Crippen MR) is 65.7 cm³/mol. The van der Waals surface area contributed by atoms with Gasteiger partial charge in [0.1, 0.15) is 5.78 Å². The van der Waals surface area contributed by atoms with Crippen molar-refractivity contribution in [3.63, 3.8) is 0 Å². The van der Waals surface area contributed by atoms with E-state index in [2.05, 4.69) is 18.7 Å². The number of nitrogens with zero attached hydrogens (tertiary/aromatic N) is 2. The number of ketones is 1. The maximum Gasteiger partial charge on any atom is 0.230 e. The van der Waals surface area contributed by atoms with Gasteiger partial charge in [0.15, 0.2) is 0 Å². The number of amides is 1. The topological polar surface area (TPSA) is 40.6 Å². The van der Waals surface area contributed by atoms with Crippen LogP contribution in [0.3, 0.4) is 0 Å². The Kier molecular flexibility index (Phi) is 3.52. The molecule has 96 valence electrons. The van der Waals surface area contributed by atoms with Gasteiger partial charge in [-0.1, -0.05) is 0 Å². The largest absolute Gasteiger partial charge is 0.334 e. The van der Waals surface area contributed by atoms with Crippen LogP contribution in [0.1, 0.15) is 40.0 Å². The summed E-state index contributed by atoms with van der Waals surface area (Å²) in [7, 11) is 0. The van der Waals surface area contributed by atoms with Gasteiger partial charge in [-0.05, 0) is 33.6 Å². The molecular formula is C13H22N2O2. The summed E-state index contributed by atoms with van der Waals surface area (Å²) in [5.74, 6) is 0.00842. The van der Waals surface area contributed by atoms with Crippen LogP contribution in [-0.2, 0) is 9.59 Å². The molecule has 2 atom stereocenters. The van der Waals surface area contributed by atoms with Gasteiger partial charge in [-0.3, -0.25) is 14.5 Å². The van der Waals surface area contributed by atoms with Crippen molar-refractivity contribution in [1.29, 1.82) is 0 Å². The first-order valence-corrected chi connectivity index (χ1v) is 6.53. The minimum atomic E-state index is -0.0271. The molecule has 0 saturated carbocycles. The number of hydrogen-bond donors (Lipinski definition) is 0. The molecule has 17 heavy (non-hydrogen) atoms. The van der Waals surface area contributed by atoms with Gasteiger partial charge in [0.2, 0.25) is 5.91 Å². The van der Waals surface area contributed by atoms with Gasteiger partial charge in [0.05, 0.1) is 6.42 Å². The van der Waals surface area contributed by atoms with Gasteiger partial charge in [-0.15, -0.1) is 0 Å². The summed E-state index contributed by atoms with van der Waals surface area (Å²) in [5.41, 5.74) is 0. The molecule has 0 radical (unpaired) electrons. The second kappa shape index (κ2) is 4.77. The molecule has 0 aromatic carbocycles. The minimum Gasteiger partial charge on any atom is -0.334 e. The lowest BCUT2D eigenvalue weighted by atomic mass is 10.1. The number of likely N-dealkylation sites (tertiary alicyclic amines) is 1. The molecule has 0 aliphatic carbocycles. The first-order valence-electron chi connectivity index (χ1n) is 6.53. The molecule has 2 fully saturated rings. The Hall–Kier alpha value is -0.900. The van der Waals surface area contributed by atoms with E-state index in [1.165, 1.54) is 6.92 Å². The highest BCUT2D eigenvalue weighted by Crippen LogP contribution is 2.31. The predicted octanol–water partition coefficient (Wildman–Crippen LogP) is 1.05. The molecule has 2 bridgehead atoms. The van der Waals surface area contributed by atoms with E-state index in [4.69, 9.17) is 0 Å². The minimum absolute atomic E-state index is 0.0271. The van der Waals surface area contributed by atoms with Crippen LogP contribution in [0.2, 0.25) is 0 Å². The normalized spacial score (nSPS) is 28.8. The number of piperazine rings is 1. The van der Waals surface area contributed by atoms with Crippen LogP contribution in [0.25, 0.3) is 0 Å². The van der Waals surface area contributed by atoms with Crippen molar-refractivity contribution >= 4 is 11.7 Å². The molecule has 0 N–H and O–H groups in total. The van der Waals surface area contributed by atoms with Crippen LogP contribution < -0.4 is 0 Å². The van der Waals surface area contributed by atoms with E-state index >= 15 is 0 Å². The molecule has 1 amide bonds. The molecule has 2 saturated heterocycles. The molecule has 2 heterocycles. The van der Waals surface area contributed by atoms with Gasteiger partial charge < -0.3 is 4.90 Å². The smallest absolute Gasteiger partial charge is 0.230 e. The number of fused-ring (bicyclic) bond motifs is 2. The Morgan fingerprint density at radius 3 is 2.12 bits per heavy atom. The van der Waals surface area contributed by atoms with Crippen LogP contribution in [0.4, 0.5) is 0 Å². The van der Waals surface area contributed by atoms with Crippen molar-refractivity contribution in [2.45, 2.75) is 58.2 Å². The van der Waals surface area contributed by atoms with Gasteiger partial charge in [0, 0.05) is 31.2 Å². The zero-order valence-electron chi connectivity index (χ0n) is 11.0. The molecule has 0 spiro atoms. The average molecular weight is 238 g/mol. The second-order valence-corrected chi connectivity index (χ2v) is 5.61. The van der Waals surface area contributed by atoms with Crippen LogP contribution in [0.15, 0.2) is 0 Å². The lowest BCUT2D eigenvalue weighted by molar-refractivity contribution is -0.140. The maximum absolute atomic E-state index is 12.0. The molecule has 0 aromatic rings. The third-order valence-corrected chi connectivity index (χ3v) is 3.93. The van der Waals surface area contributed by atoms with Crippen molar-refractivity contribution in [3.05, 3.63) is 0 Å². The fourth-order valence-electron chi connectivity index (χ4n) is 3.07. The van der Waals surface area contributed by atoms with Crippen LogP contribution in [0, 0.1) is 0 Å². The standard InChI is InChI=1S/C13H22N2O2/c1-9(2)14-7-11-4-5-12(8-14)15(11)13(17)6-10(3)16/h9,11-12H,4-8H2,1-3H3. The van der Waals surface area contributed by atoms with E-state index in [0.29, 0.717) is 18.1 Å². The van der Waals surface area contributed by atoms with Crippen molar-refractivity contribution in [1.82, 2.24) is 9.80 Å². The summed E-state index contributed by atoms with van der Waals surface area (Å²) in [6.07, 6.45) is 2.27. The monoisotopic (exact) mass is 238 g/mol. The molecule has 2 rings (SSSR count). The first-order chi connectivity index (χ1) is 7.99. The maximum atomic E-state index is 12.0. The Balaban J connectivity index is 2.03. The van der Waals surface area contributed by atoms with Gasteiger partial charge in [0.25, 0.3) is 0 Å². The van der Waals surface area contributed by atoms with Crippen molar-refractivity contribution < 1.29 is 9.59 Å². The SMILES string of the molecule is CC(=O)CC(=O)N1C2CCC1CN(C(C)C)C2. The number of hydrogen-bond acceptors (Lipinski definition) is 3. The summed E-state index contributed by atoms with van der Waals surface area (Å²) in [5, 5.41) is 0. The number of carbonyl (C=O) groups excluding carboxylic acids is 2. The molecule has 2 aliphatic rings. The first kappa shape index (κ1) is 12.6. The van der Waals surface area contributed by atoms with Gasteiger partial charge in [-0.2, -0.15) is 0 Å². The number of rotatable bonds is 3. The van der Waals surface area contributed by atoms with E-state index in [-0.39, 0.29) is 18.1 Å². The summed E-state index contributed by atoms with van der Waals surface area (Å²) in [4.78, 5) is 27.5. The van der Waals surface area contributed by atoms with Crippen LogP contribution in [0.5, 0.6) is 0 Å². The Morgan fingerprint density at radius 1 is 1.18 bits per heavy atom. The van der Waals surface area contributed by atoms with E-state index in [1.807, 2.05) is 4.90 Å². The Bertz CT molecular complexity index is 313. The lowest BCUT2D eigenvalue weighted by Crippen LogP contribution is -2.57. The molecule has 4 heteroatoms. The van der Waals surface area contributed by atoms with Crippen LogP contribution in [-0.4, -0.2) is 52.7 Å². The fraction of sp³-hybridized carbons (Fsp3) is 0.846. The van der Waals surface area contributed by atoms with Crippen molar-refractivity contribution in [2.24, 2.45) is 0 Å². The molecule has 4 nitrogen and oxygen atoms in total. The third kappa shape index (κ3) is 2.51. The van der Waals surface area contributed by atoms with Crippen LogP contribution >= 0.6 is 0 Å².